The highest BCUT2D eigenvalue weighted by molar-refractivity contribution is 5.82. The van der Waals surface area contributed by atoms with Crippen LogP contribution in [0.4, 0.5) is 4.39 Å². The molecule has 2 aromatic carbocycles. The summed E-state index contributed by atoms with van der Waals surface area (Å²) in [4.78, 5) is 10.7. The van der Waals surface area contributed by atoms with Crippen molar-refractivity contribution in [3.8, 4) is 22.4 Å². The molecule has 0 spiro atoms. The maximum absolute atomic E-state index is 14.3. The molecule has 4 rings (SSSR count). The standard InChI is InChI=1S/C29H35FN2O5/c30-24-8-4-7-23(15-24)28-26(14-13-25(34)17-33)32(31-29(28)22-5-2-1-3-6-22)16-20-9-11-21(12-10-20)18-37-19-27(35)36/h1-8,15,20-21,25,33-34H,9-14,16-19H2,(H,35,36)/t20-,21+,25-/m1/s1. The third-order valence-electron chi connectivity index (χ3n) is 7.12. The van der Waals surface area contributed by atoms with Gasteiger partial charge in [0, 0.05) is 23.4 Å². The second-order valence-corrected chi connectivity index (χ2v) is 9.90. The molecular weight excluding hydrogens is 475 g/mol. The van der Waals surface area contributed by atoms with Crippen LogP contribution in [-0.2, 0) is 22.5 Å². The van der Waals surface area contributed by atoms with Crippen molar-refractivity contribution in [2.75, 3.05) is 19.8 Å². The van der Waals surface area contributed by atoms with E-state index in [0.29, 0.717) is 37.8 Å². The van der Waals surface area contributed by atoms with Gasteiger partial charge in [0.05, 0.1) is 19.3 Å². The Hall–Kier alpha value is -3.07. The molecule has 7 nitrogen and oxygen atoms in total. The molecule has 198 valence electrons. The summed E-state index contributed by atoms with van der Waals surface area (Å²) >= 11 is 0. The molecule has 0 amide bonds. The average molecular weight is 511 g/mol. The number of rotatable bonds is 12. The van der Waals surface area contributed by atoms with E-state index in [1.165, 1.54) is 12.1 Å². The summed E-state index contributed by atoms with van der Waals surface area (Å²) < 4.78 is 21.6. The maximum Gasteiger partial charge on any atom is 0.329 e. The molecule has 8 heteroatoms. The van der Waals surface area contributed by atoms with Crippen LogP contribution in [0.3, 0.4) is 0 Å². The van der Waals surface area contributed by atoms with Gasteiger partial charge in [-0.05, 0) is 68.1 Å². The van der Waals surface area contributed by atoms with E-state index in [9.17, 15) is 19.4 Å². The summed E-state index contributed by atoms with van der Waals surface area (Å²) in [5, 5.41) is 33.3. The Kier molecular flexibility index (Phi) is 9.44. The monoisotopic (exact) mass is 510 g/mol. The highest BCUT2D eigenvalue weighted by atomic mass is 19.1. The molecule has 1 atom stereocenters. The number of carboxylic acids is 1. The van der Waals surface area contributed by atoms with Crippen molar-refractivity contribution in [1.82, 2.24) is 9.78 Å². The molecule has 0 saturated heterocycles. The van der Waals surface area contributed by atoms with E-state index in [4.69, 9.17) is 14.9 Å². The van der Waals surface area contributed by atoms with E-state index in [1.54, 1.807) is 6.07 Å². The first kappa shape index (κ1) is 27.0. The molecule has 1 fully saturated rings. The summed E-state index contributed by atoms with van der Waals surface area (Å²) in [5.74, 6) is -0.528. The SMILES string of the molecule is O=C(O)COC[C@H]1CC[C@@H](Cn2nc(-c3ccccc3)c(-c3cccc(F)c3)c2CC[C@@H](O)CO)CC1. The topological polar surface area (TPSA) is 105 Å². The van der Waals surface area contributed by atoms with Gasteiger partial charge in [0.25, 0.3) is 0 Å². The molecule has 0 aliphatic heterocycles. The number of carboxylic acid groups (broad SMARTS) is 1. The van der Waals surface area contributed by atoms with Crippen LogP contribution >= 0.6 is 0 Å². The zero-order valence-corrected chi connectivity index (χ0v) is 20.9. The van der Waals surface area contributed by atoms with Crippen molar-refractivity contribution in [2.45, 2.75) is 51.2 Å². The van der Waals surface area contributed by atoms with Crippen LogP contribution in [-0.4, -0.2) is 57.0 Å². The number of aliphatic carboxylic acids is 1. The second-order valence-electron chi connectivity index (χ2n) is 9.90. The number of aliphatic hydroxyl groups is 2. The van der Waals surface area contributed by atoms with Gasteiger partial charge in [-0.3, -0.25) is 4.68 Å². The number of ether oxygens (including phenoxy) is 1. The number of hydrogen-bond donors (Lipinski definition) is 3. The van der Waals surface area contributed by atoms with Crippen molar-refractivity contribution < 1.29 is 29.2 Å². The molecule has 3 aromatic rings. The quantitative estimate of drug-likeness (QED) is 0.330. The molecule has 0 bridgehead atoms. The molecule has 0 radical (unpaired) electrons. The Bertz CT molecular complexity index is 1160. The maximum atomic E-state index is 14.3. The van der Waals surface area contributed by atoms with Crippen molar-refractivity contribution >= 4 is 5.97 Å². The Morgan fingerprint density at radius 1 is 1.05 bits per heavy atom. The summed E-state index contributed by atoms with van der Waals surface area (Å²) in [7, 11) is 0. The lowest BCUT2D eigenvalue weighted by molar-refractivity contribution is -0.142. The lowest BCUT2D eigenvalue weighted by Crippen LogP contribution is -2.24. The van der Waals surface area contributed by atoms with E-state index < -0.39 is 12.1 Å². The van der Waals surface area contributed by atoms with Crippen LogP contribution in [0.5, 0.6) is 0 Å². The summed E-state index contributed by atoms with van der Waals surface area (Å²) in [6.07, 6.45) is 3.91. The van der Waals surface area contributed by atoms with Crippen LogP contribution in [0.25, 0.3) is 22.4 Å². The molecule has 0 unspecified atom stereocenters. The zero-order chi connectivity index (χ0) is 26.2. The number of benzene rings is 2. The third-order valence-corrected chi connectivity index (χ3v) is 7.12. The van der Waals surface area contributed by atoms with Gasteiger partial charge in [-0.1, -0.05) is 42.5 Å². The predicted molar refractivity (Wildman–Crippen MR) is 138 cm³/mol. The Balaban J connectivity index is 1.62. The minimum Gasteiger partial charge on any atom is -0.480 e. The minimum absolute atomic E-state index is 0.263. The Morgan fingerprint density at radius 3 is 2.43 bits per heavy atom. The van der Waals surface area contributed by atoms with Crippen LogP contribution in [0.2, 0.25) is 0 Å². The largest absolute Gasteiger partial charge is 0.480 e. The smallest absolute Gasteiger partial charge is 0.329 e. The molecule has 1 aliphatic rings. The molecule has 1 saturated carbocycles. The van der Waals surface area contributed by atoms with Crippen LogP contribution in [0, 0.1) is 17.7 Å². The van der Waals surface area contributed by atoms with E-state index in [0.717, 1.165) is 53.8 Å². The number of aromatic nitrogens is 2. The normalized spacial score (nSPS) is 18.6. The summed E-state index contributed by atoms with van der Waals surface area (Å²) in [6, 6.07) is 16.3. The van der Waals surface area contributed by atoms with E-state index in [1.807, 2.05) is 41.1 Å². The Morgan fingerprint density at radius 2 is 1.76 bits per heavy atom. The fraction of sp³-hybridized carbons (Fsp3) is 0.448. The Labute approximate surface area is 216 Å². The molecule has 3 N–H and O–H groups in total. The van der Waals surface area contributed by atoms with Gasteiger partial charge in [0.15, 0.2) is 0 Å². The van der Waals surface area contributed by atoms with Gasteiger partial charge < -0.3 is 20.1 Å². The van der Waals surface area contributed by atoms with Crippen LogP contribution in [0.1, 0.15) is 37.8 Å². The van der Waals surface area contributed by atoms with E-state index >= 15 is 0 Å². The highest BCUT2D eigenvalue weighted by Crippen LogP contribution is 2.37. The first-order valence-electron chi connectivity index (χ1n) is 12.9. The zero-order valence-electron chi connectivity index (χ0n) is 20.9. The fourth-order valence-corrected chi connectivity index (χ4v) is 5.18. The van der Waals surface area contributed by atoms with Gasteiger partial charge in [-0.15, -0.1) is 0 Å². The number of halogens is 1. The predicted octanol–water partition coefficient (Wildman–Crippen LogP) is 4.55. The second kappa shape index (κ2) is 12.9. The lowest BCUT2D eigenvalue weighted by Gasteiger charge is -2.28. The van der Waals surface area contributed by atoms with Gasteiger partial charge in [-0.2, -0.15) is 5.10 Å². The highest BCUT2D eigenvalue weighted by Gasteiger charge is 2.26. The third kappa shape index (κ3) is 7.25. The van der Waals surface area contributed by atoms with E-state index in [2.05, 4.69) is 0 Å². The molecule has 1 heterocycles. The number of aliphatic hydroxyl groups excluding tert-OH is 2. The first-order chi connectivity index (χ1) is 17.9. The molecular formula is C29H35FN2O5. The van der Waals surface area contributed by atoms with Crippen molar-refractivity contribution in [2.24, 2.45) is 11.8 Å². The van der Waals surface area contributed by atoms with Gasteiger partial charge in [0.1, 0.15) is 18.1 Å². The number of hydrogen-bond acceptors (Lipinski definition) is 5. The number of nitrogens with zero attached hydrogens (tertiary/aromatic N) is 2. The lowest BCUT2D eigenvalue weighted by atomic mass is 9.82. The molecule has 37 heavy (non-hydrogen) atoms. The van der Waals surface area contributed by atoms with Gasteiger partial charge in [-0.25, -0.2) is 9.18 Å². The number of carbonyl (C=O) groups is 1. The van der Waals surface area contributed by atoms with Gasteiger partial charge >= 0.3 is 5.97 Å². The average Bonchev–Trinajstić information content (AvgIpc) is 3.26. The van der Waals surface area contributed by atoms with Crippen molar-refractivity contribution in [3.63, 3.8) is 0 Å². The first-order valence-corrected chi connectivity index (χ1v) is 12.9. The van der Waals surface area contributed by atoms with Gasteiger partial charge in [0.2, 0.25) is 0 Å². The van der Waals surface area contributed by atoms with Crippen molar-refractivity contribution in [1.29, 1.82) is 0 Å². The van der Waals surface area contributed by atoms with Crippen LogP contribution in [0.15, 0.2) is 54.6 Å². The summed E-state index contributed by atoms with van der Waals surface area (Å²) in [5.41, 5.74) is 4.22. The van der Waals surface area contributed by atoms with E-state index in [-0.39, 0.29) is 19.0 Å². The minimum atomic E-state index is -0.950. The van der Waals surface area contributed by atoms with Crippen LogP contribution < -0.4 is 0 Å². The van der Waals surface area contributed by atoms with Crippen molar-refractivity contribution in [3.05, 3.63) is 66.1 Å². The summed E-state index contributed by atoms with van der Waals surface area (Å²) in [6.45, 7) is 0.583. The molecule has 1 aromatic heterocycles. The fourth-order valence-electron chi connectivity index (χ4n) is 5.18. The molecule has 1 aliphatic carbocycles.